The number of urea groups is 1. The summed E-state index contributed by atoms with van der Waals surface area (Å²) in [7, 11) is 0. The second-order valence-electron chi connectivity index (χ2n) is 5.26. The van der Waals surface area contributed by atoms with Crippen LogP contribution in [0.1, 0.15) is 39.5 Å². The van der Waals surface area contributed by atoms with Gasteiger partial charge in [-0.05, 0) is 32.6 Å². The van der Waals surface area contributed by atoms with Crippen LogP contribution >= 0.6 is 0 Å². The lowest BCUT2D eigenvalue weighted by atomic mass is 9.90. The topological polar surface area (TPSA) is 92.8 Å². The minimum Gasteiger partial charge on any atom is -0.463 e. The Bertz CT molecular complexity index is 454. The predicted octanol–water partition coefficient (Wildman–Crippen LogP) is 0.575. The summed E-state index contributed by atoms with van der Waals surface area (Å²) in [5.41, 5.74) is 0. The van der Waals surface area contributed by atoms with Gasteiger partial charge in [0, 0.05) is 13.0 Å². The number of esters is 1. The highest BCUT2D eigenvalue weighted by molar-refractivity contribution is 6.16. The van der Waals surface area contributed by atoms with Gasteiger partial charge in [-0.25, -0.2) is 4.79 Å². The molecular formula is C13H18N2O5. The van der Waals surface area contributed by atoms with Gasteiger partial charge in [0.15, 0.2) is 0 Å². The molecule has 2 rings (SSSR count). The van der Waals surface area contributed by atoms with E-state index in [4.69, 9.17) is 4.74 Å². The normalized spacial score (nSPS) is 31.0. The summed E-state index contributed by atoms with van der Waals surface area (Å²) >= 11 is 0. The van der Waals surface area contributed by atoms with Gasteiger partial charge in [-0.3, -0.25) is 24.6 Å². The first-order valence-electron chi connectivity index (χ1n) is 6.75. The van der Waals surface area contributed by atoms with E-state index in [1.807, 2.05) is 0 Å². The first-order valence-corrected chi connectivity index (χ1v) is 6.75. The van der Waals surface area contributed by atoms with Crippen molar-refractivity contribution in [2.75, 3.05) is 0 Å². The maximum absolute atomic E-state index is 12.1. The number of rotatable bonds is 2. The van der Waals surface area contributed by atoms with E-state index in [9.17, 15) is 19.2 Å². The van der Waals surface area contributed by atoms with E-state index in [-0.39, 0.29) is 18.1 Å². The van der Waals surface area contributed by atoms with Crippen LogP contribution in [-0.2, 0) is 19.1 Å². The standard InChI is InChI=1S/C13H18N2O5/c1-7-11(17)14-13(19)15(12(7)18)9-3-5-10(6-4-9)20-8(2)16/h7,9-10H,3-6H2,1-2H3,(H,14,17,19). The van der Waals surface area contributed by atoms with Gasteiger partial charge in [0.05, 0.1) is 0 Å². The maximum atomic E-state index is 12.1. The third-order valence-electron chi connectivity index (χ3n) is 3.79. The number of hydrogen-bond acceptors (Lipinski definition) is 5. The predicted molar refractivity (Wildman–Crippen MR) is 67.4 cm³/mol. The molecule has 1 atom stereocenters. The summed E-state index contributed by atoms with van der Waals surface area (Å²) in [5, 5.41) is 2.19. The van der Waals surface area contributed by atoms with Gasteiger partial charge >= 0.3 is 12.0 Å². The highest BCUT2D eigenvalue weighted by atomic mass is 16.5. The van der Waals surface area contributed by atoms with Crippen molar-refractivity contribution in [3.63, 3.8) is 0 Å². The highest BCUT2D eigenvalue weighted by Crippen LogP contribution is 2.27. The van der Waals surface area contributed by atoms with Crippen LogP contribution in [0.2, 0.25) is 0 Å². The fourth-order valence-electron chi connectivity index (χ4n) is 2.70. The number of carbonyl (C=O) groups excluding carboxylic acids is 4. The first-order chi connectivity index (χ1) is 9.40. The molecule has 1 saturated carbocycles. The molecule has 0 radical (unpaired) electrons. The van der Waals surface area contributed by atoms with Crippen LogP contribution in [-0.4, -0.2) is 40.9 Å². The van der Waals surface area contributed by atoms with Crippen LogP contribution in [0.25, 0.3) is 0 Å². The highest BCUT2D eigenvalue weighted by Gasteiger charge is 2.42. The van der Waals surface area contributed by atoms with E-state index < -0.39 is 23.8 Å². The number of hydrogen-bond donors (Lipinski definition) is 1. The van der Waals surface area contributed by atoms with Crippen LogP contribution in [0.4, 0.5) is 4.79 Å². The molecule has 2 aliphatic rings. The van der Waals surface area contributed by atoms with Crippen LogP contribution in [0, 0.1) is 5.92 Å². The van der Waals surface area contributed by atoms with E-state index in [2.05, 4.69) is 5.32 Å². The zero-order chi connectivity index (χ0) is 14.9. The third-order valence-corrected chi connectivity index (χ3v) is 3.79. The lowest BCUT2D eigenvalue weighted by molar-refractivity contribution is -0.150. The van der Waals surface area contributed by atoms with Crippen LogP contribution in [0.5, 0.6) is 0 Å². The van der Waals surface area contributed by atoms with Gasteiger partial charge in [0.1, 0.15) is 12.0 Å². The minimum absolute atomic E-state index is 0.147. The molecule has 0 spiro atoms. The van der Waals surface area contributed by atoms with E-state index in [1.165, 1.54) is 13.8 Å². The van der Waals surface area contributed by atoms with Crippen molar-refractivity contribution in [1.82, 2.24) is 10.2 Å². The Balaban J connectivity index is 1.99. The zero-order valence-corrected chi connectivity index (χ0v) is 11.5. The first kappa shape index (κ1) is 14.5. The van der Waals surface area contributed by atoms with E-state index >= 15 is 0 Å². The molecule has 1 saturated heterocycles. The Morgan fingerprint density at radius 3 is 2.35 bits per heavy atom. The summed E-state index contributed by atoms with van der Waals surface area (Å²) in [6.07, 6.45) is 2.24. The number of amides is 4. The summed E-state index contributed by atoms with van der Waals surface area (Å²) in [6, 6.07) is -0.876. The van der Waals surface area contributed by atoms with Crippen molar-refractivity contribution in [3.8, 4) is 0 Å². The Hall–Kier alpha value is -1.92. The van der Waals surface area contributed by atoms with Crippen LogP contribution in [0.15, 0.2) is 0 Å². The Morgan fingerprint density at radius 2 is 1.80 bits per heavy atom. The van der Waals surface area contributed by atoms with E-state index in [0.29, 0.717) is 25.7 Å². The molecule has 0 aromatic carbocycles. The minimum atomic E-state index is -0.834. The molecule has 0 aromatic rings. The Kier molecular flexibility index (Phi) is 4.06. The van der Waals surface area contributed by atoms with Crippen molar-refractivity contribution in [1.29, 1.82) is 0 Å². The Labute approximate surface area is 116 Å². The van der Waals surface area contributed by atoms with Crippen molar-refractivity contribution in [3.05, 3.63) is 0 Å². The number of ether oxygens (including phenoxy) is 1. The summed E-state index contributed by atoms with van der Waals surface area (Å²) < 4.78 is 5.12. The molecule has 2 fully saturated rings. The molecule has 7 nitrogen and oxygen atoms in total. The van der Waals surface area contributed by atoms with Gasteiger partial charge in [-0.15, -0.1) is 0 Å². The van der Waals surface area contributed by atoms with Crippen LogP contribution in [0.3, 0.4) is 0 Å². The SMILES string of the molecule is CC(=O)OC1CCC(N2C(=O)NC(=O)C(C)C2=O)CC1. The quantitative estimate of drug-likeness (QED) is 0.590. The molecule has 0 aromatic heterocycles. The Morgan fingerprint density at radius 1 is 1.20 bits per heavy atom. The lowest BCUT2D eigenvalue weighted by Gasteiger charge is -2.38. The molecule has 1 N–H and O–H groups in total. The molecular weight excluding hydrogens is 264 g/mol. The fraction of sp³-hybridized carbons (Fsp3) is 0.692. The molecule has 7 heteroatoms. The molecule has 4 amide bonds. The number of barbiturate groups is 1. The van der Waals surface area contributed by atoms with Crippen molar-refractivity contribution in [2.45, 2.75) is 51.7 Å². The fourth-order valence-corrected chi connectivity index (χ4v) is 2.70. The monoisotopic (exact) mass is 282 g/mol. The van der Waals surface area contributed by atoms with Gasteiger partial charge < -0.3 is 4.74 Å². The summed E-state index contributed by atoms with van der Waals surface area (Å²) in [6.45, 7) is 2.85. The third kappa shape index (κ3) is 2.81. The van der Waals surface area contributed by atoms with Gasteiger partial charge in [-0.1, -0.05) is 0 Å². The molecule has 110 valence electrons. The second kappa shape index (κ2) is 5.60. The number of nitrogens with zero attached hydrogens (tertiary/aromatic N) is 1. The van der Waals surface area contributed by atoms with Gasteiger partial charge in [-0.2, -0.15) is 0 Å². The van der Waals surface area contributed by atoms with Gasteiger partial charge in [0.2, 0.25) is 11.8 Å². The number of imide groups is 2. The smallest absolute Gasteiger partial charge is 0.331 e. The average molecular weight is 282 g/mol. The summed E-state index contributed by atoms with van der Waals surface area (Å²) in [5.74, 6) is -2.15. The molecule has 1 heterocycles. The van der Waals surface area contributed by atoms with Gasteiger partial charge in [0.25, 0.3) is 0 Å². The van der Waals surface area contributed by atoms with Crippen LogP contribution < -0.4 is 5.32 Å². The van der Waals surface area contributed by atoms with Crippen molar-refractivity contribution in [2.24, 2.45) is 5.92 Å². The van der Waals surface area contributed by atoms with E-state index in [0.717, 1.165) is 4.90 Å². The lowest BCUT2D eigenvalue weighted by Crippen LogP contribution is -2.60. The maximum Gasteiger partial charge on any atom is 0.331 e. The molecule has 20 heavy (non-hydrogen) atoms. The molecule has 1 unspecified atom stereocenters. The number of carbonyl (C=O) groups is 4. The second-order valence-corrected chi connectivity index (χ2v) is 5.26. The molecule has 0 bridgehead atoms. The largest absolute Gasteiger partial charge is 0.463 e. The summed E-state index contributed by atoms with van der Waals surface area (Å²) in [4.78, 5) is 47.3. The molecule has 1 aliphatic carbocycles. The number of nitrogens with one attached hydrogen (secondary N) is 1. The van der Waals surface area contributed by atoms with Crippen molar-refractivity contribution < 1.29 is 23.9 Å². The zero-order valence-electron chi connectivity index (χ0n) is 11.5. The molecule has 1 aliphatic heterocycles. The van der Waals surface area contributed by atoms with E-state index in [1.54, 1.807) is 0 Å². The average Bonchev–Trinajstić information content (AvgIpc) is 2.37. The van der Waals surface area contributed by atoms with Crippen molar-refractivity contribution >= 4 is 23.8 Å².